The normalized spacial score (nSPS) is 18.7. The molecular weight excluding hydrogens is 304 g/mol. The monoisotopic (exact) mass is 314 g/mol. The molecule has 0 saturated carbocycles. The van der Waals surface area contributed by atoms with Crippen molar-refractivity contribution in [3.8, 4) is 6.07 Å². The third kappa shape index (κ3) is 2.79. The van der Waals surface area contributed by atoms with Crippen LogP contribution in [-0.4, -0.2) is 33.0 Å². The summed E-state index contributed by atoms with van der Waals surface area (Å²) in [5.41, 5.74) is 1.53. The van der Waals surface area contributed by atoms with Gasteiger partial charge in [0, 0.05) is 23.2 Å². The van der Waals surface area contributed by atoms with Crippen LogP contribution in [0.5, 0.6) is 0 Å². The van der Waals surface area contributed by atoms with Crippen molar-refractivity contribution < 1.29 is 8.42 Å². The van der Waals surface area contributed by atoms with Crippen LogP contribution in [0.25, 0.3) is 0 Å². The summed E-state index contributed by atoms with van der Waals surface area (Å²) in [5, 5.41) is 8.82. The molecule has 4 nitrogen and oxygen atoms in total. The molecule has 6 heteroatoms. The van der Waals surface area contributed by atoms with Gasteiger partial charge in [-0.1, -0.05) is 0 Å². The number of halogens is 1. The van der Waals surface area contributed by atoms with E-state index in [0.29, 0.717) is 18.7 Å². The smallest absolute Gasteiger partial charge is 0.153 e. The quantitative estimate of drug-likeness (QED) is 0.789. The van der Waals surface area contributed by atoms with Crippen LogP contribution in [0.4, 0.5) is 5.69 Å². The van der Waals surface area contributed by atoms with E-state index in [1.165, 1.54) is 0 Å². The largest absolute Gasteiger partial charge is 0.369 e. The van der Waals surface area contributed by atoms with E-state index in [9.17, 15) is 8.42 Å². The van der Waals surface area contributed by atoms with Gasteiger partial charge < -0.3 is 4.90 Å². The van der Waals surface area contributed by atoms with E-state index in [1.54, 1.807) is 6.07 Å². The van der Waals surface area contributed by atoms with Crippen molar-refractivity contribution in [3.05, 3.63) is 28.2 Å². The molecule has 17 heavy (non-hydrogen) atoms. The molecule has 2 rings (SSSR count). The first-order valence-electron chi connectivity index (χ1n) is 5.17. The van der Waals surface area contributed by atoms with Crippen LogP contribution < -0.4 is 4.90 Å². The highest BCUT2D eigenvalue weighted by atomic mass is 79.9. The van der Waals surface area contributed by atoms with Crippen LogP contribution >= 0.6 is 15.9 Å². The second-order valence-electron chi connectivity index (χ2n) is 3.91. The molecule has 0 aromatic heterocycles. The molecular formula is C11H11BrN2O2S. The SMILES string of the molecule is N#Cc1ccc(N2CCS(=O)(=O)CC2)cc1Br. The van der Waals surface area contributed by atoms with Crippen LogP contribution in [0.1, 0.15) is 5.56 Å². The van der Waals surface area contributed by atoms with Gasteiger partial charge in [-0.3, -0.25) is 0 Å². The second-order valence-corrected chi connectivity index (χ2v) is 7.07. The molecule has 0 unspecified atom stereocenters. The van der Waals surface area contributed by atoms with Gasteiger partial charge in [0.05, 0.1) is 17.1 Å². The second kappa shape index (κ2) is 4.67. The molecule has 1 heterocycles. The van der Waals surface area contributed by atoms with E-state index in [0.717, 1.165) is 10.2 Å². The minimum absolute atomic E-state index is 0.199. The van der Waals surface area contributed by atoms with Gasteiger partial charge in [0.15, 0.2) is 9.84 Å². The van der Waals surface area contributed by atoms with Crippen LogP contribution in [0.2, 0.25) is 0 Å². The van der Waals surface area contributed by atoms with E-state index in [2.05, 4.69) is 22.0 Å². The average molecular weight is 315 g/mol. The summed E-state index contributed by atoms with van der Waals surface area (Å²) >= 11 is 3.33. The number of hydrogen-bond donors (Lipinski definition) is 0. The van der Waals surface area contributed by atoms with Crippen molar-refractivity contribution in [3.63, 3.8) is 0 Å². The van der Waals surface area contributed by atoms with Crippen molar-refractivity contribution in [1.29, 1.82) is 5.26 Å². The molecule has 90 valence electrons. The van der Waals surface area contributed by atoms with Crippen LogP contribution in [0, 0.1) is 11.3 Å². The van der Waals surface area contributed by atoms with Gasteiger partial charge in [0.1, 0.15) is 6.07 Å². The highest BCUT2D eigenvalue weighted by molar-refractivity contribution is 9.10. The topological polar surface area (TPSA) is 61.2 Å². The Balaban J connectivity index is 2.20. The van der Waals surface area contributed by atoms with Crippen molar-refractivity contribution in [1.82, 2.24) is 0 Å². The predicted octanol–water partition coefficient (Wildman–Crippen LogP) is 1.56. The Hall–Kier alpha value is -1.06. The summed E-state index contributed by atoms with van der Waals surface area (Å²) in [6.45, 7) is 1.03. The minimum atomic E-state index is -2.85. The fourth-order valence-electron chi connectivity index (χ4n) is 1.76. The Morgan fingerprint density at radius 2 is 1.94 bits per heavy atom. The molecule has 1 aliphatic rings. The van der Waals surface area contributed by atoms with Gasteiger partial charge in [-0.05, 0) is 34.1 Å². The highest BCUT2D eigenvalue weighted by Crippen LogP contribution is 2.24. The molecule has 1 aromatic rings. The molecule has 0 amide bonds. The van der Waals surface area contributed by atoms with Crippen molar-refractivity contribution in [2.45, 2.75) is 0 Å². The first-order chi connectivity index (χ1) is 8.02. The zero-order valence-electron chi connectivity index (χ0n) is 9.06. The lowest BCUT2D eigenvalue weighted by Crippen LogP contribution is -2.40. The van der Waals surface area contributed by atoms with Gasteiger partial charge in [-0.15, -0.1) is 0 Å². The van der Waals surface area contributed by atoms with Gasteiger partial charge in [0.2, 0.25) is 0 Å². The molecule has 1 fully saturated rings. The maximum atomic E-state index is 11.3. The Bertz CT molecular complexity index is 564. The fourth-order valence-corrected chi connectivity index (χ4v) is 3.42. The summed E-state index contributed by atoms with van der Waals surface area (Å²) in [4.78, 5) is 2.02. The van der Waals surface area contributed by atoms with E-state index < -0.39 is 9.84 Å². The zero-order chi connectivity index (χ0) is 12.5. The number of hydrogen-bond acceptors (Lipinski definition) is 4. The Morgan fingerprint density at radius 1 is 1.29 bits per heavy atom. The Kier molecular flexibility index (Phi) is 3.40. The molecule has 1 aliphatic heterocycles. The predicted molar refractivity (Wildman–Crippen MR) is 69.7 cm³/mol. The molecule has 0 bridgehead atoms. The highest BCUT2D eigenvalue weighted by Gasteiger charge is 2.21. The van der Waals surface area contributed by atoms with Crippen LogP contribution in [0.3, 0.4) is 0 Å². The molecule has 1 saturated heterocycles. The molecule has 0 spiro atoms. The lowest BCUT2D eigenvalue weighted by atomic mass is 10.2. The molecule has 1 aromatic carbocycles. The summed E-state index contributed by atoms with van der Waals surface area (Å²) in [7, 11) is -2.85. The summed E-state index contributed by atoms with van der Waals surface area (Å²) < 4.78 is 23.4. The minimum Gasteiger partial charge on any atom is -0.369 e. The maximum absolute atomic E-state index is 11.3. The third-order valence-corrected chi connectivity index (χ3v) is 5.05. The summed E-state index contributed by atoms with van der Waals surface area (Å²) in [6, 6.07) is 7.52. The van der Waals surface area contributed by atoms with E-state index in [4.69, 9.17) is 5.26 Å². The number of nitriles is 1. The standard InChI is InChI=1S/C11H11BrN2O2S/c12-11-7-10(2-1-9(11)8-13)14-3-5-17(15,16)6-4-14/h1-2,7H,3-6H2. The van der Waals surface area contributed by atoms with Crippen molar-refractivity contribution in [2.75, 3.05) is 29.5 Å². The summed E-state index contributed by atoms with van der Waals surface area (Å²) in [6.07, 6.45) is 0. The lowest BCUT2D eigenvalue weighted by Gasteiger charge is -2.28. The van der Waals surface area contributed by atoms with Crippen LogP contribution in [0.15, 0.2) is 22.7 Å². The van der Waals surface area contributed by atoms with Gasteiger partial charge in [-0.25, -0.2) is 8.42 Å². The molecule has 0 aliphatic carbocycles. The number of sulfone groups is 1. The van der Waals surface area contributed by atoms with Crippen molar-refractivity contribution in [2.24, 2.45) is 0 Å². The fraction of sp³-hybridized carbons (Fsp3) is 0.364. The molecule has 0 radical (unpaired) electrons. The van der Waals surface area contributed by atoms with Gasteiger partial charge in [-0.2, -0.15) is 5.26 Å². The van der Waals surface area contributed by atoms with E-state index in [1.807, 2.05) is 17.0 Å². The summed E-state index contributed by atoms with van der Waals surface area (Å²) in [5.74, 6) is 0.398. The average Bonchev–Trinajstić information content (AvgIpc) is 2.29. The lowest BCUT2D eigenvalue weighted by molar-refractivity contribution is 0.587. The third-order valence-electron chi connectivity index (χ3n) is 2.78. The molecule has 0 N–H and O–H groups in total. The maximum Gasteiger partial charge on any atom is 0.153 e. The van der Waals surface area contributed by atoms with Gasteiger partial charge in [0.25, 0.3) is 0 Å². The number of benzene rings is 1. The Labute approximate surface area is 109 Å². The number of nitrogens with zero attached hydrogens (tertiary/aromatic N) is 2. The van der Waals surface area contributed by atoms with E-state index in [-0.39, 0.29) is 11.5 Å². The van der Waals surface area contributed by atoms with Crippen LogP contribution in [-0.2, 0) is 9.84 Å². The zero-order valence-corrected chi connectivity index (χ0v) is 11.5. The van der Waals surface area contributed by atoms with Gasteiger partial charge >= 0.3 is 0 Å². The van der Waals surface area contributed by atoms with Crippen molar-refractivity contribution >= 4 is 31.5 Å². The van der Waals surface area contributed by atoms with E-state index >= 15 is 0 Å². The number of anilines is 1. The first kappa shape index (κ1) is 12.4. The first-order valence-corrected chi connectivity index (χ1v) is 7.78. The Morgan fingerprint density at radius 3 is 2.47 bits per heavy atom. The molecule has 0 atom stereocenters. The number of rotatable bonds is 1.